The second kappa shape index (κ2) is 8.61. The summed E-state index contributed by atoms with van der Waals surface area (Å²) in [6, 6.07) is 7.05. The van der Waals surface area contributed by atoms with Gasteiger partial charge < -0.3 is 4.74 Å². The third-order valence-electron chi connectivity index (χ3n) is 6.03. The van der Waals surface area contributed by atoms with Gasteiger partial charge in [0.25, 0.3) is 0 Å². The van der Waals surface area contributed by atoms with Crippen LogP contribution in [-0.4, -0.2) is 46.4 Å². The van der Waals surface area contributed by atoms with Crippen molar-refractivity contribution in [3.63, 3.8) is 0 Å². The van der Waals surface area contributed by atoms with Gasteiger partial charge in [-0.25, -0.2) is 22.8 Å². The van der Waals surface area contributed by atoms with Crippen molar-refractivity contribution in [3.05, 3.63) is 52.6 Å². The molecular weight excluding hydrogens is 468 g/mol. The lowest BCUT2D eigenvalue weighted by atomic mass is 9.83. The number of halogens is 2. The lowest BCUT2D eigenvalue weighted by Crippen LogP contribution is -2.24. The van der Waals surface area contributed by atoms with Crippen molar-refractivity contribution < 1.29 is 26.7 Å². The van der Waals surface area contributed by atoms with Gasteiger partial charge in [-0.15, -0.1) is 0 Å². The fraction of sp³-hybridized carbons (Fsp3) is 0.435. The molecule has 1 fully saturated rings. The first-order chi connectivity index (χ1) is 15.9. The molecule has 1 aliphatic heterocycles. The molecule has 4 rings (SSSR count). The maximum absolute atomic E-state index is 13.3. The number of ether oxygens (including phenoxy) is 1. The van der Waals surface area contributed by atoms with Gasteiger partial charge in [-0.3, -0.25) is 9.36 Å². The zero-order valence-electron chi connectivity index (χ0n) is 19.0. The van der Waals surface area contributed by atoms with Crippen molar-refractivity contribution in [3.8, 4) is 11.4 Å². The van der Waals surface area contributed by atoms with E-state index in [2.05, 4.69) is 9.72 Å². The number of imidazole rings is 1. The highest BCUT2D eigenvalue weighted by Crippen LogP contribution is 2.36. The summed E-state index contributed by atoms with van der Waals surface area (Å²) in [4.78, 5) is 30.7. The Hall–Kier alpha value is -3.08. The monoisotopic (exact) mass is 493 g/mol. The van der Waals surface area contributed by atoms with Crippen LogP contribution in [0.4, 0.5) is 8.78 Å². The third-order valence-corrected chi connectivity index (χ3v) is 7.99. The zero-order chi connectivity index (χ0) is 24.8. The Labute approximate surface area is 195 Å². The Morgan fingerprint density at radius 1 is 1.26 bits per heavy atom. The number of rotatable bonds is 7. The fourth-order valence-electron chi connectivity index (χ4n) is 4.49. The molecule has 1 atom stereocenters. The third kappa shape index (κ3) is 4.61. The molecule has 1 aromatic carbocycles. The smallest absolute Gasteiger partial charge is 0.387 e. The second-order valence-corrected chi connectivity index (χ2v) is 11.5. The SMILES string of the molecule is CC(C)n1c(=O)n(-c2cccc(OC(F)F)c2)c2ncc(C(=O)C[C@]3(C)CCS(=O)(=O)C3)cc21. The van der Waals surface area contributed by atoms with Crippen molar-refractivity contribution in [1.82, 2.24) is 14.1 Å². The number of sulfone groups is 1. The summed E-state index contributed by atoms with van der Waals surface area (Å²) in [5.41, 5.74) is 0.168. The predicted molar refractivity (Wildman–Crippen MR) is 123 cm³/mol. The number of benzene rings is 1. The van der Waals surface area contributed by atoms with Gasteiger partial charge in [-0.1, -0.05) is 13.0 Å². The maximum Gasteiger partial charge on any atom is 0.387 e. The molecule has 0 amide bonds. The van der Waals surface area contributed by atoms with Crippen molar-refractivity contribution in [1.29, 1.82) is 0 Å². The van der Waals surface area contributed by atoms with Crippen molar-refractivity contribution in [2.45, 2.75) is 46.3 Å². The van der Waals surface area contributed by atoms with Gasteiger partial charge in [0.15, 0.2) is 21.3 Å². The van der Waals surface area contributed by atoms with E-state index in [0.717, 1.165) is 0 Å². The number of Topliss-reactive ketones (excluding diaryl/α,β-unsaturated/α-hetero) is 1. The highest BCUT2D eigenvalue weighted by molar-refractivity contribution is 7.91. The molecular formula is C23H25F2N3O5S. The summed E-state index contributed by atoms with van der Waals surface area (Å²) in [7, 11) is -3.15. The van der Waals surface area contributed by atoms with Gasteiger partial charge in [0.1, 0.15) is 5.75 Å². The van der Waals surface area contributed by atoms with Crippen molar-refractivity contribution >= 4 is 26.8 Å². The molecule has 3 aromatic rings. The molecule has 0 saturated carbocycles. The van der Waals surface area contributed by atoms with Crippen LogP contribution < -0.4 is 10.4 Å². The summed E-state index contributed by atoms with van der Waals surface area (Å²) in [5.74, 6) is -0.322. The average molecular weight is 494 g/mol. The standard InChI is InChI=1S/C23H25F2N3O5S/c1-14(2)27-18-9-15(19(29)11-23(3)7-8-34(31,32)13-23)12-26-20(18)28(22(27)30)16-5-4-6-17(10-16)33-21(24)25/h4-6,9-10,12,14,21H,7-8,11,13H2,1-3H3/t23-/m0/s1. The lowest BCUT2D eigenvalue weighted by Gasteiger charge is -2.20. The molecule has 0 spiro atoms. The summed E-state index contributed by atoms with van der Waals surface area (Å²) >= 11 is 0. The summed E-state index contributed by atoms with van der Waals surface area (Å²) < 4.78 is 56.3. The van der Waals surface area contributed by atoms with Crippen molar-refractivity contribution in [2.24, 2.45) is 5.41 Å². The normalized spacial score (nSPS) is 19.9. The lowest BCUT2D eigenvalue weighted by molar-refractivity contribution is -0.0498. The number of carbonyl (C=O) groups excluding carboxylic acids is 1. The first-order valence-corrected chi connectivity index (χ1v) is 12.6. The minimum atomic E-state index is -3.15. The van der Waals surface area contributed by atoms with E-state index in [4.69, 9.17) is 0 Å². The first-order valence-electron chi connectivity index (χ1n) is 10.8. The number of ketones is 1. The van der Waals surface area contributed by atoms with E-state index >= 15 is 0 Å². The highest BCUT2D eigenvalue weighted by atomic mass is 32.2. The quantitative estimate of drug-likeness (QED) is 0.465. The van der Waals surface area contributed by atoms with Crippen LogP contribution in [0.5, 0.6) is 5.75 Å². The molecule has 0 aliphatic carbocycles. The Morgan fingerprint density at radius 3 is 2.62 bits per heavy atom. The molecule has 34 heavy (non-hydrogen) atoms. The maximum atomic E-state index is 13.3. The minimum Gasteiger partial charge on any atom is -0.435 e. The number of hydrogen-bond acceptors (Lipinski definition) is 6. The molecule has 0 radical (unpaired) electrons. The van der Waals surface area contributed by atoms with Crippen LogP contribution in [0.3, 0.4) is 0 Å². The van der Waals surface area contributed by atoms with E-state index < -0.39 is 27.6 Å². The Balaban J connectivity index is 1.77. The topological polar surface area (TPSA) is 100 Å². The summed E-state index contributed by atoms with van der Waals surface area (Å²) in [6.45, 7) is 2.39. The summed E-state index contributed by atoms with van der Waals surface area (Å²) in [5, 5.41) is 0. The molecule has 1 aliphatic rings. The first kappa shape index (κ1) is 24.1. The van der Waals surface area contributed by atoms with Crippen LogP contribution in [0.25, 0.3) is 16.9 Å². The molecule has 0 unspecified atom stereocenters. The minimum absolute atomic E-state index is 0.0362. The zero-order valence-corrected chi connectivity index (χ0v) is 19.8. The predicted octanol–water partition coefficient (Wildman–Crippen LogP) is 3.77. The number of pyridine rings is 1. The van der Waals surface area contributed by atoms with Crippen LogP contribution in [0, 0.1) is 5.41 Å². The largest absolute Gasteiger partial charge is 0.435 e. The Kier molecular flexibility index (Phi) is 6.09. The number of nitrogens with zero attached hydrogens (tertiary/aromatic N) is 3. The molecule has 8 nitrogen and oxygen atoms in total. The van der Waals surface area contributed by atoms with E-state index in [9.17, 15) is 26.8 Å². The molecule has 0 N–H and O–H groups in total. The van der Waals surface area contributed by atoms with E-state index in [0.29, 0.717) is 17.6 Å². The molecule has 0 bridgehead atoms. The van der Waals surface area contributed by atoms with Gasteiger partial charge in [0.2, 0.25) is 0 Å². The molecule has 1 saturated heterocycles. The van der Waals surface area contributed by atoms with Gasteiger partial charge in [0.05, 0.1) is 22.7 Å². The molecule has 11 heteroatoms. The van der Waals surface area contributed by atoms with Crippen LogP contribution in [0.1, 0.15) is 50.0 Å². The van der Waals surface area contributed by atoms with Gasteiger partial charge in [-0.05, 0) is 43.9 Å². The Morgan fingerprint density at radius 2 is 2.00 bits per heavy atom. The second-order valence-electron chi connectivity index (χ2n) is 9.28. The van der Waals surface area contributed by atoms with Crippen molar-refractivity contribution in [2.75, 3.05) is 11.5 Å². The van der Waals surface area contributed by atoms with E-state index in [1.54, 1.807) is 32.9 Å². The molecule has 2 aromatic heterocycles. The van der Waals surface area contributed by atoms with E-state index in [-0.39, 0.29) is 46.7 Å². The van der Waals surface area contributed by atoms with Crippen LogP contribution >= 0.6 is 0 Å². The van der Waals surface area contributed by atoms with Crippen LogP contribution in [0.2, 0.25) is 0 Å². The van der Waals surface area contributed by atoms with Gasteiger partial charge >= 0.3 is 12.3 Å². The van der Waals surface area contributed by atoms with Gasteiger partial charge in [0, 0.05) is 30.3 Å². The molecule has 182 valence electrons. The van der Waals surface area contributed by atoms with Gasteiger partial charge in [-0.2, -0.15) is 8.78 Å². The highest BCUT2D eigenvalue weighted by Gasteiger charge is 2.40. The number of hydrogen-bond donors (Lipinski definition) is 0. The summed E-state index contributed by atoms with van der Waals surface area (Å²) in [6.07, 6.45) is 1.83. The number of fused-ring (bicyclic) bond motifs is 1. The number of aromatic nitrogens is 3. The number of carbonyl (C=O) groups is 1. The number of alkyl halides is 2. The van der Waals surface area contributed by atoms with Crippen LogP contribution in [0.15, 0.2) is 41.3 Å². The average Bonchev–Trinajstić information content (AvgIpc) is 3.18. The van der Waals surface area contributed by atoms with Crippen LogP contribution in [-0.2, 0) is 9.84 Å². The van der Waals surface area contributed by atoms with E-state index in [1.165, 1.54) is 33.5 Å². The van der Waals surface area contributed by atoms with E-state index in [1.807, 2.05) is 0 Å². The molecule has 3 heterocycles. The fourth-order valence-corrected chi connectivity index (χ4v) is 6.74. The Bertz CT molecular complexity index is 1430.